The van der Waals surface area contributed by atoms with Gasteiger partial charge >= 0.3 is 5.97 Å². The summed E-state index contributed by atoms with van der Waals surface area (Å²) < 4.78 is 4.96. The minimum absolute atomic E-state index is 0.326. The van der Waals surface area contributed by atoms with Crippen LogP contribution in [0.1, 0.15) is 30.3 Å². The second-order valence-corrected chi connectivity index (χ2v) is 5.75. The molecule has 0 N–H and O–H groups in total. The number of ether oxygens (including phenoxy) is 1. The number of piperidine rings is 1. The van der Waals surface area contributed by atoms with Gasteiger partial charge in [-0.15, -0.1) is 11.3 Å². The lowest BCUT2D eigenvalue weighted by Crippen LogP contribution is -2.41. The lowest BCUT2D eigenvalue weighted by Gasteiger charge is -2.34. The maximum Gasteiger partial charge on any atom is 0.357 e. The van der Waals surface area contributed by atoms with Crippen molar-refractivity contribution in [3.8, 4) is 0 Å². The third-order valence-electron chi connectivity index (χ3n) is 3.44. The minimum atomic E-state index is -0.326. The number of anilines is 1. The normalized spacial score (nSPS) is 16.9. The summed E-state index contributed by atoms with van der Waals surface area (Å²) in [5.41, 5.74) is 0.427. The average molecular weight is 283 g/mol. The summed E-state index contributed by atoms with van der Waals surface area (Å²) in [6.07, 6.45) is 2.28. The van der Waals surface area contributed by atoms with Gasteiger partial charge in [-0.05, 0) is 33.9 Å². The van der Waals surface area contributed by atoms with Crippen molar-refractivity contribution in [3.63, 3.8) is 0 Å². The molecule has 2 heterocycles. The molecule has 106 valence electrons. The van der Waals surface area contributed by atoms with Crippen LogP contribution in [0.3, 0.4) is 0 Å². The van der Waals surface area contributed by atoms with Crippen LogP contribution >= 0.6 is 11.3 Å². The van der Waals surface area contributed by atoms with Crippen molar-refractivity contribution in [1.82, 2.24) is 9.88 Å². The maximum atomic E-state index is 11.6. The van der Waals surface area contributed by atoms with E-state index in [4.69, 9.17) is 4.74 Å². The number of esters is 1. The lowest BCUT2D eigenvalue weighted by molar-refractivity contribution is 0.0520. The van der Waals surface area contributed by atoms with Crippen LogP contribution in [0.5, 0.6) is 0 Å². The summed E-state index contributed by atoms with van der Waals surface area (Å²) in [7, 11) is 4.26. The van der Waals surface area contributed by atoms with Crippen molar-refractivity contribution in [3.05, 3.63) is 11.1 Å². The summed E-state index contributed by atoms with van der Waals surface area (Å²) in [4.78, 5) is 20.5. The van der Waals surface area contributed by atoms with Crippen molar-refractivity contribution in [1.29, 1.82) is 0 Å². The molecule has 1 aliphatic rings. The highest BCUT2D eigenvalue weighted by Crippen LogP contribution is 2.25. The Bertz CT molecular complexity index is 425. The van der Waals surface area contributed by atoms with Crippen molar-refractivity contribution >= 4 is 22.4 Å². The first-order valence-electron chi connectivity index (χ1n) is 6.65. The fourth-order valence-corrected chi connectivity index (χ4v) is 3.13. The van der Waals surface area contributed by atoms with E-state index in [-0.39, 0.29) is 5.97 Å². The summed E-state index contributed by atoms with van der Waals surface area (Å²) in [6.45, 7) is 4.19. The van der Waals surface area contributed by atoms with Gasteiger partial charge in [0.05, 0.1) is 6.61 Å². The van der Waals surface area contributed by atoms with E-state index in [1.807, 2.05) is 0 Å². The molecule has 0 atom stereocenters. The topological polar surface area (TPSA) is 45.7 Å². The Hall–Kier alpha value is -1.14. The molecular formula is C13H21N3O2S. The molecule has 2 rings (SSSR count). The van der Waals surface area contributed by atoms with Gasteiger partial charge in [-0.2, -0.15) is 0 Å². The SMILES string of the molecule is CCOC(=O)c1csc(N2CCC(N(C)C)CC2)n1. The first-order chi connectivity index (χ1) is 9.11. The molecule has 1 aliphatic heterocycles. The quantitative estimate of drug-likeness (QED) is 0.789. The fourth-order valence-electron chi connectivity index (χ4n) is 2.28. The maximum absolute atomic E-state index is 11.6. The molecule has 1 aromatic heterocycles. The molecule has 0 saturated carbocycles. The predicted molar refractivity (Wildman–Crippen MR) is 77.0 cm³/mol. The number of carbonyl (C=O) groups excluding carboxylic acids is 1. The van der Waals surface area contributed by atoms with E-state index in [0.29, 0.717) is 18.3 Å². The third-order valence-corrected chi connectivity index (χ3v) is 4.34. The number of hydrogen-bond acceptors (Lipinski definition) is 6. The van der Waals surface area contributed by atoms with E-state index in [1.165, 1.54) is 11.3 Å². The van der Waals surface area contributed by atoms with Crippen LogP contribution in [0, 0.1) is 0 Å². The van der Waals surface area contributed by atoms with E-state index in [0.717, 1.165) is 31.1 Å². The highest BCUT2D eigenvalue weighted by molar-refractivity contribution is 7.13. The van der Waals surface area contributed by atoms with Crippen LogP contribution in [0.25, 0.3) is 0 Å². The van der Waals surface area contributed by atoms with Gasteiger partial charge in [-0.1, -0.05) is 0 Å². The first-order valence-corrected chi connectivity index (χ1v) is 7.53. The molecule has 0 aliphatic carbocycles. The summed E-state index contributed by atoms with van der Waals surface area (Å²) in [5.74, 6) is -0.326. The molecule has 0 bridgehead atoms. The van der Waals surface area contributed by atoms with E-state index in [2.05, 4.69) is 28.9 Å². The van der Waals surface area contributed by atoms with E-state index in [1.54, 1.807) is 12.3 Å². The van der Waals surface area contributed by atoms with Crippen LogP contribution in [0.15, 0.2) is 5.38 Å². The minimum Gasteiger partial charge on any atom is -0.461 e. The van der Waals surface area contributed by atoms with Gasteiger partial charge in [0.25, 0.3) is 0 Å². The van der Waals surface area contributed by atoms with E-state index in [9.17, 15) is 4.79 Å². The van der Waals surface area contributed by atoms with E-state index >= 15 is 0 Å². The number of thiazole rings is 1. The van der Waals surface area contributed by atoms with Gasteiger partial charge < -0.3 is 14.5 Å². The van der Waals surface area contributed by atoms with Gasteiger partial charge in [0, 0.05) is 24.5 Å². The van der Waals surface area contributed by atoms with E-state index < -0.39 is 0 Å². The summed E-state index contributed by atoms with van der Waals surface area (Å²) in [6, 6.07) is 0.653. The molecule has 1 saturated heterocycles. The molecule has 19 heavy (non-hydrogen) atoms. The zero-order valence-electron chi connectivity index (χ0n) is 11.8. The Morgan fingerprint density at radius 2 is 2.21 bits per heavy atom. The number of aromatic nitrogens is 1. The molecular weight excluding hydrogens is 262 g/mol. The van der Waals surface area contributed by atoms with Crippen LogP contribution in [-0.4, -0.2) is 55.7 Å². The lowest BCUT2D eigenvalue weighted by atomic mass is 10.0. The number of nitrogens with zero attached hydrogens (tertiary/aromatic N) is 3. The van der Waals surface area contributed by atoms with Gasteiger partial charge in [-0.25, -0.2) is 9.78 Å². The third kappa shape index (κ3) is 3.45. The van der Waals surface area contributed by atoms with Gasteiger partial charge in [0.15, 0.2) is 10.8 Å². The summed E-state index contributed by atoms with van der Waals surface area (Å²) in [5, 5.41) is 2.71. The molecule has 0 amide bonds. The Kier molecular flexibility index (Phi) is 4.76. The largest absolute Gasteiger partial charge is 0.461 e. The fraction of sp³-hybridized carbons (Fsp3) is 0.692. The van der Waals surface area contributed by atoms with Gasteiger partial charge in [0.2, 0.25) is 0 Å². The van der Waals surface area contributed by atoms with Crippen molar-refractivity contribution < 1.29 is 9.53 Å². The first kappa shape index (κ1) is 14.3. The zero-order valence-corrected chi connectivity index (χ0v) is 12.6. The molecule has 6 heteroatoms. The molecule has 0 radical (unpaired) electrons. The standard InChI is InChI=1S/C13H21N3O2S/c1-4-18-12(17)11-9-19-13(14-11)16-7-5-10(6-8-16)15(2)3/h9-10H,4-8H2,1-3H3. The highest BCUT2D eigenvalue weighted by Gasteiger charge is 2.23. The Balaban J connectivity index is 1.95. The van der Waals surface area contributed by atoms with Crippen molar-refractivity contribution in [2.45, 2.75) is 25.8 Å². The van der Waals surface area contributed by atoms with Gasteiger partial charge in [-0.3, -0.25) is 0 Å². The highest BCUT2D eigenvalue weighted by atomic mass is 32.1. The Morgan fingerprint density at radius 3 is 2.79 bits per heavy atom. The predicted octanol–water partition coefficient (Wildman–Crippen LogP) is 1.85. The monoisotopic (exact) mass is 283 g/mol. The van der Waals surface area contributed by atoms with Crippen LogP contribution in [0.4, 0.5) is 5.13 Å². The molecule has 1 fully saturated rings. The average Bonchev–Trinajstić information content (AvgIpc) is 2.89. The second kappa shape index (κ2) is 6.34. The molecule has 0 aromatic carbocycles. The smallest absolute Gasteiger partial charge is 0.357 e. The van der Waals surface area contributed by atoms with Crippen molar-refractivity contribution in [2.75, 3.05) is 38.7 Å². The Labute approximate surface area is 118 Å². The Morgan fingerprint density at radius 1 is 1.53 bits per heavy atom. The number of hydrogen-bond donors (Lipinski definition) is 0. The summed E-state index contributed by atoms with van der Waals surface area (Å²) >= 11 is 1.52. The number of rotatable bonds is 4. The number of carbonyl (C=O) groups is 1. The van der Waals surface area contributed by atoms with Crippen LogP contribution < -0.4 is 4.90 Å². The van der Waals surface area contributed by atoms with Gasteiger partial charge in [0.1, 0.15) is 0 Å². The molecule has 0 unspecified atom stereocenters. The second-order valence-electron chi connectivity index (χ2n) is 4.92. The van der Waals surface area contributed by atoms with Crippen LogP contribution in [-0.2, 0) is 4.74 Å². The zero-order chi connectivity index (χ0) is 13.8. The molecule has 5 nitrogen and oxygen atoms in total. The molecule has 0 spiro atoms. The van der Waals surface area contributed by atoms with Crippen LogP contribution in [0.2, 0.25) is 0 Å². The molecule has 1 aromatic rings. The van der Waals surface area contributed by atoms with Crippen molar-refractivity contribution in [2.24, 2.45) is 0 Å².